The first-order chi connectivity index (χ1) is 17.8. The van der Waals surface area contributed by atoms with Crippen LogP contribution < -0.4 is 10.6 Å². The normalized spacial score (nSPS) is 19.2. The summed E-state index contributed by atoms with van der Waals surface area (Å²) in [5, 5.41) is 0. The molecule has 37 heavy (non-hydrogen) atoms. The fourth-order valence-electron chi connectivity index (χ4n) is 4.27. The van der Waals surface area contributed by atoms with Crippen LogP contribution in [-0.4, -0.2) is 96.6 Å². The molecule has 0 spiro atoms. The molecule has 1 unspecified atom stereocenters. The number of carbonyl (C=O) groups excluding carboxylic acids is 3. The fourth-order valence-corrected chi connectivity index (χ4v) is 4.27. The fraction of sp³-hybridized carbons (Fsp3) is 0.423. The van der Waals surface area contributed by atoms with Crippen LogP contribution >= 0.6 is 0 Å². The number of anilines is 1. The number of piperazine rings is 1. The average Bonchev–Trinajstić information content (AvgIpc) is 3.25. The minimum atomic E-state index is -0.475. The third kappa shape index (κ3) is 7.11. The predicted octanol–water partition coefficient (Wildman–Crippen LogP) is 1.52. The molecule has 0 aliphatic carbocycles. The molecule has 196 valence electrons. The Bertz CT molecular complexity index is 1130. The Morgan fingerprint density at radius 1 is 1.11 bits per heavy atom. The second-order valence-electron chi connectivity index (χ2n) is 9.32. The van der Waals surface area contributed by atoms with Crippen molar-refractivity contribution in [2.45, 2.75) is 26.1 Å². The average molecular weight is 509 g/mol. The lowest BCUT2D eigenvalue weighted by atomic mass is 10.1. The number of amidine groups is 1. The van der Waals surface area contributed by atoms with E-state index in [-0.39, 0.29) is 24.0 Å². The highest BCUT2D eigenvalue weighted by Crippen LogP contribution is 2.23. The number of pyridine rings is 1. The molecule has 2 aliphatic rings. The molecular formula is C26H32N6O5. The van der Waals surface area contributed by atoms with E-state index in [9.17, 15) is 14.4 Å². The molecule has 1 aromatic carbocycles. The Morgan fingerprint density at radius 3 is 2.46 bits per heavy atom. The number of rotatable bonds is 8. The summed E-state index contributed by atoms with van der Waals surface area (Å²) in [6, 6.07) is 10.2. The molecule has 1 aromatic heterocycles. The van der Waals surface area contributed by atoms with Gasteiger partial charge in [0.25, 0.3) is 5.91 Å². The Morgan fingerprint density at radius 2 is 1.81 bits per heavy atom. The topological polar surface area (TPSA) is 131 Å². The first-order valence-electron chi connectivity index (χ1n) is 12.3. The third-order valence-corrected chi connectivity index (χ3v) is 6.13. The van der Waals surface area contributed by atoms with E-state index in [2.05, 4.69) is 19.8 Å². The summed E-state index contributed by atoms with van der Waals surface area (Å²) in [6.07, 6.45) is 2.24. The van der Waals surface area contributed by atoms with Crippen molar-refractivity contribution in [3.63, 3.8) is 0 Å². The molecule has 11 heteroatoms. The van der Waals surface area contributed by atoms with Crippen LogP contribution in [-0.2, 0) is 14.3 Å². The standard InChI is InChI=1S/C26H32N6O5/c1-18(2)36-23(33)17-31-12-10-30(11-13-31)15-22-16-32(26(35)37-22)21-7-5-19(6-8-21)24(27)29-25(34)20-4-3-9-28-14-20/h3-9,14,18,22H,10-13,15-17H2,1-2H3,(H2,27,29,34). The largest absolute Gasteiger partial charge is 0.462 e. The van der Waals surface area contributed by atoms with Crippen molar-refractivity contribution in [3.8, 4) is 0 Å². The molecule has 2 fully saturated rings. The zero-order valence-corrected chi connectivity index (χ0v) is 21.1. The van der Waals surface area contributed by atoms with Crippen LogP contribution in [0.1, 0.15) is 29.8 Å². The number of esters is 1. The summed E-state index contributed by atoms with van der Waals surface area (Å²) in [4.78, 5) is 50.4. The van der Waals surface area contributed by atoms with E-state index >= 15 is 0 Å². The molecule has 3 heterocycles. The number of benzene rings is 1. The van der Waals surface area contributed by atoms with Gasteiger partial charge in [0.1, 0.15) is 11.9 Å². The third-order valence-electron chi connectivity index (χ3n) is 6.13. The molecule has 2 aromatic rings. The summed E-state index contributed by atoms with van der Waals surface area (Å²) >= 11 is 0. The van der Waals surface area contributed by atoms with Crippen LogP contribution in [0.4, 0.5) is 10.5 Å². The van der Waals surface area contributed by atoms with Crippen molar-refractivity contribution in [2.24, 2.45) is 10.7 Å². The molecule has 0 radical (unpaired) electrons. The van der Waals surface area contributed by atoms with E-state index in [4.69, 9.17) is 15.2 Å². The molecule has 1 atom stereocenters. The first-order valence-corrected chi connectivity index (χ1v) is 12.3. The molecule has 2 N–H and O–H groups in total. The quantitative estimate of drug-likeness (QED) is 0.320. The SMILES string of the molecule is CC(C)OC(=O)CN1CCN(CC2CN(c3ccc(C(N)=NC(=O)c4cccnc4)cc3)C(=O)O2)CC1. The summed E-state index contributed by atoms with van der Waals surface area (Å²) in [6.45, 7) is 8.11. The second-order valence-corrected chi connectivity index (χ2v) is 9.32. The van der Waals surface area contributed by atoms with E-state index in [1.54, 1.807) is 47.5 Å². The first kappa shape index (κ1) is 26.2. The number of nitrogens with zero attached hydrogens (tertiary/aromatic N) is 5. The van der Waals surface area contributed by atoms with Crippen molar-refractivity contribution in [1.82, 2.24) is 14.8 Å². The van der Waals surface area contributed by atoms with Crippen LogP contribution in [0.3, 0.4) is 0 Å². The molecule has 2 aliphatic heterocycles. The molecular weight excluding hydrogens is 476 g/mol. The van der Waals surface area contributed by atoms with Crippen LogP contribution in [0.5, 0.6) is 0 Å². The van der Waals surface area contributed by atoms with Gasteiger partial charge in [0, 0.05) is 56.4 Å². The number of aromatic nitrogens is 1. The number of ether oxygens (including phenoxy) is 2. The Balaban J connectivity index is 1.27. The zero-order valence-electron chi connectivity index (χ0n) is 21.1. The second kappa shape index (κ2) is 11.9. The van der Waals surface area contributed by atoms with Crippen molar-refractivity contribution in [1.29, 1.82) is 0 Å². The Kier molecular flexibility index (Phi) is 8.47. The lowest BCUT2D eigenvalue weighted by Crippen LogP contribution is -2.50. The van der Waals surface area contributed by atoms with Gasteiger partial charge in [-0.3, -0.25) is 29.3 Å². The number of cyclic esters (lactones) is 1. The van der Waals surface area contributed by atoms with Gasteiger partial charge in [0.15, 0.2) is 0 Å². The summed E-state index contributed by atoms with van der Waals surface area (Å²) in [7, 11) is 0. The molecule has 11 nitrogen and oxygen atoms in total. The van der Waals surface area contributed by atoms with Crippen LogP contribution in [0, 0.1) is 0 Å². The van der Waals surface area contributed by atoms with Crippen molar-refractivity contribution in [2.75, 3.05) is 50.7 Å². The van der Waals surface area contributed by atoms with Gasteiger partial charge in [-0.2, -0.15) is 4.99 Å². The van der Waals surface area contributed by atoms with Crippen LogP contribution in [0.15, 0.2) is 53.8 Å². The van der Waals surface area contributed by atoms with Gasteiger partial charge >= 0.3 is 12.1 Å². The summed E-state index contributed by atoms with van der Waals surface area (Å²) in [5.41, 5.74) is 7.61. The molecule has 2 amide bonds. The van der Waals surface area contributed by atoms with E-state index in [0.29, 0.717) is 36.4 Å². The monoisotopic (exact) mass is 508 g/mol. The highest BCUT2D eigenvalue weighted by molar-refractivity contribution is 6.08. The number of aliphatic imine (C=N–C) groups is 1. The number of hydrogen-bond donors (Lipinski definition) is 1. The minimum absolute atomic E-state index is 0.0823. The number of hydrogen-bond acceptors (Lipinski definition) is 8. The van der Waals surface area contributed by atoms with Gasteiger partial charge in [-0.1, -0.05) is 0 Å². The molecule has 2 saturated heterocycles. The van der Waals surface area contributed by atoms with Gasteiger partial charge in [0.05, 0.1) is 24.8 Å². The van der Waals surface area contributed by atoms with Crippen molar-refractivity contribution < 1.29 is 23.9 Å². The highest BCUT2D eigenvalue weighted by Gasteiger charge is 2.34. The Hall–Kier alpha value is -3.83. The number of carbonyl (C=O) groups is 3. The van der Waals surface area contributed by atoms with Gasteiger partial charge in [-0.15, -0.1) is 0 Å². The van der Waals surface area contributed by atoms with Crippen molar-refractivity contribution in [3.05, 3.63) is 59.9 Å². The maximum atomic E-state index is 12.5. The van der Waals surface area contributed by atoms with E-state index in [1.807, 2.05) is 13.8 Å². The minimum Gasteiger partial charge on any atom is -0.462 e. The van der Waals surface area contributed by atoms with E-state index in [1.165, 1.54) is 6.20 Å². The van der Waals surface area contributed by atoms with Gasteiger partial charge in [0.2, 0.25) is 0 Å². The van der Waals surface area contributed by atoms with Gasteiger partial charge in [-0.05, 0) is 50.2 Å². The highest BCUT2D eigenvalue weighted by atomic mass is 16.6. The predicted molar refractivity (Wildman–Crippen MR) is 137 cm³/mol. The Labute approximate surface area is 215 Å². The van der Waals surface area contributed by atoms with E-state index in [0.717, 1.165) is 26.2 Å². The smallest absolute Gasteiger partial charge is 0.414 e. The maximum absolute atomic E-state index is 12.5. The molecule has 4 rings (SSSR count). The maximum Gasteiger partial charge on any atom is 0.414 e. The van der Waals surface area contributed by atoms with Crippen LogP contribution in [0.2, 0.25) is 0 Å². The molecule has 0 saturated carbocycles. The molecule has 0 bridgehead atoms. The zero-order chi connectivity index (χ0) is 26.4. The van der Waals surface area contributed by atoms with E-state index < -0.39 is 12.0 Å². The van der Waals surface area contributed by atoms with Crippen LogP contribution in [0.25, 0.3) is 0 Å². The van der Waals surface area contributed by atoms with Gasteiger partial charge in [-0.25, -0.2) is 4.79 Å². The number of nitrogens with two attached hydrogens (primary N) is 1. The summed E-state index contributed by atoms with van der Waals surface area (Å²) < 4.78 is 10.8. The lowest BCUT2D eigenvalue weighted by Gasteiger charge is -2.34. The summed E-state index contributed by atoms with van der Waals surface area (Å²) in [5.74, 6) is -0.598. The van der Waals surface area contributed by atoms with Crippen molar-refractivity contribution >= 4 is 29.5 Å². The number of amides is 2. The lowest BCUT2D eigenvalue weighted by molar-refractivity contribution is -0.149. The van der Waals surface area contributed by atoms with Gasteiger partial charge < -0.3 is 15.2 Å².